The number of nitrogens with zero attached hydrogens (tertiary/aromatic N) is 2. The summed E-state index contributed by atoms with van der Waals surface area (Å²) in [5, 5.41) is 0. The second-order valence-electron chi connectivity index (χ2n) is 6.88. The first-order valence-electron chi connectivity index (χ1n) is 9.15. The number of hydrogen-bond donors (Lipinski definition) is 1. The Hall–Kier alpha value is -1.74. The van der Waals surface area contributed by atoms with Gasteiger partial charge in [-0.2, -0.15) is 0 Å². The molecular formula is C20H24BrN3O3S. The van der Waals surface area contributed by atoms with E-state index in [0.29, 0.717) is 11.0 Å². The third-order valence-corrected chi connectivity index (χ3v) is 6.78. The molecule has 28 heavy (non-hydrogen) atoms. The topological polar surface area (TPSA) is 69.7 Å². The fraction of sp³-hybridized carbons (Fsp3) is 0.350. The molecule has 0 bridgehead atoms. The lowest BCUT2D eigenvalue weighted by Crippen LogP contribution is -2.49. The van der Waals surface area contributed by atoms with Crippen molar-refractivity contribution in [3.63, 3.8) is 0 Å². The largest absolute Gasteiger partial charge is 0.333 e. The Bertz CT molecular complexity index is 921. The average Bonchev–Trinajstić information content (AvgIpc) is 2.68. The summed E-state index contributed by atoms with van der Waals surface area (Å²) in [4.78, 5) is 17.1. The minimum Gasteiger partial charge on any atom is -0.333 e. The number of rotatable bonds is 6. The SMILES string of the molecule is CN1CCN(C(=O)CCNS(=O)(=O)c2cccc(Br)c2)C(c2ccccc2)C1. The third kappa shape index (κ3) is 5.20. The van der Waals surface area contributed by atoms with Gasteiger partial charge < -0.3 is 9.80 Å². The van der Waals surface area contributed by atoms with Gasteiger partial charge in [0.2, 0.25) is 15.9 Å². The minimum absolute atomic E-state index is 0.0193. The van der Waals surface area contributed by atoms with Gasteiger partial charge in [0.15, 0.2) is 0 Å². The lowest BCUT2D eigenvalue weighted by Gasteiger charge is -2.40. The molecule has 1 fully saturated rings. The fourth-order valence-electron chi connectivity index (χ4n) is 3.33. The van der Waals surface area contributed by atoms with Crippen LogP contribution >= 0.6 is 15.9 Å². The summed E-state index contributed by atoms with van der Waals surface area (Å²) in [6, 6.07) is 16.4. The molecule has 2 aromatic carbocycles. The van der Waals surface area contributed by atoms with E-state index in [1.54, 1.807) is 12.1 Å². The van der Waals surface area contributed by atoms with E-state index in [1.165, 1.54) is 12.1 Å². The predicted octanol–water partition coefficient (Wildman–Crippen LogP) is 2.63. The lowest BCUT2D eigenvalue weighted by molar-refractivity contribution is -0.136. The first-order valence-corrected chi connectivity index (χ1v) is 11.4. The van der Waals surface area contributed by atoms with Crippen LogP contribution in [-0.2, 0) is 14.8 Å². The number of sulfonamides is 1. The van der Waals surface area contributed by atoms with Crippen LogP contribution in [-0.4, -0.2) is 57.4 Å². The van der Waals surface area contributed by atoms with Gasteiger partial charge >= 0.3 is 0 Å². The molecule has 0 aromatic heterocycles. The molecule has 6 nitrogen and oxygen atoms in total. The maximum Gasteiger partial charge on any atom is 0.240 e. The standard InChI is InChI=1S/C20H24BrN3O3S/c1-23-12-13-24(19(15-23)16-6-3-2-4-7-16)20(25)10-11-22-28(26,27)18-9-5-8-17(21)14-18/h2-9,14,19,22H,10-13,15H2,1H3. The molecule has 2 aromatic rings. The molecular weight excluding hydrogens is 442 g/mol. The average molecular weight is 466 g/mol. The van der Waals surface area contributed by atoms with Gasteiger partial charge in [-0.25, -0.2) is 13.1 Å². The number of likely N-dealkylation sites (N-methyl/N-ethyl adjacent to an activating group) is 1. The van der Waals surface area contributed by atoms with E-state index in [2.05, 4.69) is 25.6 Å². The van der Waals surface area contributed by atoms with Gasteiger partial charge in [0.25, 0.3) is 0 Å². The molecule has 0 radical (unpaired) electrons. The molecule has 0 aliphatic carbocycles. The molecule has 1 N–H and O–H groups in total. The van der Waals surface area contributed by atoms with Gasteiger partial charge in [0, 0.05) is 37.1 Å². The van der Waals surface area contributed by atoms with Crippen LogP contribution in [0.2, 0.25) is 0 Å². The second-order valence-corrected chi connectivity index (χ2v) is 9.56. The summed E-state index contributed by atoms with van der Waals surface area (Å²) in [7, 11) is -1.60. The summed E-state index contributed by atoms with van der Waals surface area (Å²) in [6.45, 7) is 2.27. The molecule has 1 saturated heterocycles. The number of hydrogen-bond acceptors (Lipinski definition) is 4. The Morgan fingerprint density at radius 1 is 1.14 bits per heavy atom. The van der Waals surface area contributed by atoms with E-state index in [0.717, 1.165) is 18.7 Å². The number of benzene rings is 2. The van der Waals surface area contributed by atoms with Crippen LogP contribution < -0.4 is 4.72 Å². The van der Waals surface area contributed by atoms with Gasteiger partial charge in [-0.05, 0) is 30.8 Å². The Morgan fingerprint density at radius 3 is 2.61 bits per heavy atom. The van der Waals surface area contributed by atoms with E-state index in [-0.39, 0.29) is 29.8 Å². The van der Waals surface area contributed by atoms with Crippen molar-refractivity contribution >= 4 is 31.9 Å². The van der Waals surface area contributed by atoms with Crippen LogP contribution in [0.15, 0.2) is 64.0 Å². The lowest BCUT2D eigenvalue weighted by atomic mass is 10.0. The molecule has 0 spiro atoms. The quantitative estimate of drug-likeness (QED) is 0.711. The first kappa shape index (κ1) is 21.0. The maximum absolute atomic E-state index is 12.8. The highest BCUT2D eigenvalue weighted by atomic mass is 79.9. The van der Waals surface area contributed by atoms with Crippen molar-refractivity contribution in [2.75, 3.05) is 33.2 Å². The highest BCUT2D eigenvalue weighted by Crippen LogP contribution is 2.25. The van der Waals surface area contributed by atoms with Gasteiger partial charge in [0.1, 0.15) is 0 Å². The van der Waals surface area contributed by atoms with Crippen molar-refractivity contribution in [2.24, 2.45) is 0 Å². The van der Waals surface area contributed by atoms with Crippen LogP contribution in [0.5, 0.6) is 0 Å². The van der Waals surface area contributed by atoms with Crippen LogP contribution in [0.25, 0.3) is 0 Å². The maximum atomic E-state index is 12.8. The van der Waals surface area contributed by atoms with Crippen molar-refractivity contribution in [3.05, 3.63) is 64.6 Å². The van der Waals surface area contributed by atoms with E-state index in [9.17, 15) is 13.2 Å². The number of carbonyl (C=O) groups is 1. The zero-order valence-corrected chi connectivity index (χ0v) is 18.1. The van der Waals surface area contributed by atoms with E-state index in [4.69, 9.17) is 0 Å². The zero-order valence-electron chi connectivity index (χ0n) is 15.7. The van der Waals surface area contributed by atoms with Crippen LogP contribution in [0, 0.1) is 0 Å². The second kappa shape index (κ2) is 9.17. The summed E-state index contributed by atoms with van der Waals surface area (Å²) in [6.07, 6.45) is 0.125. The fourth-order valence-corrected chi connectivity index (χ4v) is 4.96. The first-order chi connectivity index (χ1) is 13.4. The van der Waals surface area contributed by atoms with E-state index < -0.39 is 10.0 Å². The van der Waals surface area contributed by atoms with Crippen molar-refractivity contribution in [2.45, 2.75) is 17.4 Å². The van der Waals surface area contributed by atoms with Gasteiger partial charge in [0.05, 0.1) is 10.9 Å². The minimum atomic E-state index is -3.64. The Kier molecular flexibility index (Phi) is 6.87. The normalized spacial score (nSPS) is 18.2. The zero-order chi connectivity index (χ0) is 20.1. The Morgan fingerprint density at radius 2 is 1.89 bits per heavy atom. The molecule has 1 atom stereocenters. The van der Waals surface area contributed by atoms with Crippen LogP contribution in [0.4, 0.5) is 0 Å². The predicted molar refractivity (Wildman–Crippen MR) is 112 cm³/mol. The number of amides is 1. The smallest absolute Gasteiger partial charge is 0.240 e. The Balaban J connectivity index is 1.63. The number of nitrogens with one attached hydrogen (secondary N) is 1. The van der Waals surface area contributed by atoms with Gasteiger partial charge in [-0.3, -0.25) is 4.79 Å². The van der Waals surface area contributed by atoms with E-state index >= 15 is 0 Å². The number of carbonyl (C=O) groups excluding carboxylic acids is 1. The monoisotopic (exact) mass is 465 g/mol. The number of piperazine rings is 1. The molecule has 0 saturated carbocycles. The summed E-state index contributed by atoms with van der Waals surface area (Å²) in [5.74, 6) is -0.0427. The van der Waals surface area contributed by atoms with Crippen molar-refractivity contribution in [1.29, 1.82) is 0 Å². The summed E-state index contributed by atoms with van der Waals surface area (Å²) < 4.78 is 28.0. The molecule has 1 aliphatic heterocycles. The molecule has 1 unspecified atom stereocenters. The van der Waals surface area contributed by atoms with Gasteiger partial charge in [-0.15, -0.1) is 0 Å². The van der Waals surface area contributed by atoms with Crippen molar-refractivity contribution < 1.29 is 13.2 Å². The van der Waals surface area contributed by atoms with Crippen LogP contribution in [0.1, 0.15) is 18.0 Å². The van der Waals surface area contributed by atoms with Gasteiger partial charge in [-0.1, -0.05) is 52.3 Å². The molecule has 1 heterocycles. The number of halogens is 1. The molecule has 150 valence electrons. The van der Waals surface area contributed by atoms with E-state index in [1.807, 2.05) is 42.3 Å². The Labute approximate surface area is 174 Å². The highest BCUT2D eigenvalue weighted by molar-refractivity contribution is 9.10. The van der Waals surface area contributed by atoms with Crippen LogP contribution in [0.3, 0.4) is 0 Å². The summed E-state index contributed by atoms with van der Waals surface area (Å²) >= 11 is 3.27. The van der Waals surface area contributed by atoms with Crippen molar-refractivity contribution in [1.82, 2.24) is 14.5 Å². The highest BCUT2D eigenvalue weighted by Gasteiger charge is 2.30. The third-order valence-electron chi connectivity index (χ3n) is 4.83. The molecule has 3 rings (SSSR count). The summed E-state index contributed by atoms with van der Waals surface area (Å²) in [5.41, 5.74) is 1.09. The molecule has 8 heteroatoms. The molecule has 1 aliphatic rings. The molecule has 1 amide bonds. The van der Waals surface area contributed by atoms with Crippen molar-refractivity contribution in [3.8, 4) is 0 Å².